The first-order chi connectivity index (χ1) is 30.4. The summed E-state index contributed by atoms with van der Waals surface area (Å²) in [5, 5.41) is 5.03. The minimum absolute atomic E-state index is 0.193. The number of benzene rings is 9. The van der Waals surface area contributed by atoms with E-state index in [4.69, 9.17) is 9.97 Å². The number of thiophene rings is 1. The van der Waals surface area contributed by atoms with Gasteiger partial charge in [-0.05, 0) is 121 Å². The fraction of sp³-hybridized carbons (Fsp3) is 0.0508. The molecule has 2 nitrogen and oxygen atoms in total. The van der Waals surface area contributed by atoms with Gasteiger partial charge in [-0.1, -0.05) is 166 Å². The Hall–Kier alpha value is -7.46. The fourth-order valence-electron chi connectivity index (χ4n) is 9.65. The lowest BCUT2D eigenvalue weighted by Crippen LogP contribution is -2.15. The van der Waals surface area contributed by atoms with E-state index in [1.54, 1.807) is 0 Å². The van der Waals surface area contributed by atoms with Crippen LogP contribution in [-0.2, 0) is 5.41 Å². The third-order valence-corrected chi connectivity index (χ3v) is 14.0. The highest BCUT2D eigenvalue weighted by Gasteiger charge is 2.37. The first kappa shape index (κ1) is 36.4. The van der Waals surface area contributed by atoms with Crippen LogP contribution in [0.2, 0.25) is 0 Å². The average Bonchev–Trinajstić information content (AvgIpc) is 3.82. The van der Waals surface area contributed by atoms with E-state index in [2.05, 4.69) is 214 Å². The molecule has 0 radical (unpaired) electrons. The van der Waals surface area contributed by atoms with Crippen molar-refractivity contribution in [3.8, 4) is 78.4 Å². The number of rotatable bonds is 6. The van der Waals surface area contributed by atoms with Gasteiger partial charge in [0.15, 0.2) is 5.82 Å². The van der Waals surface area contributed by atoms with Gasteiger partial charge < -0.3 is 0 Å². The maximum atomic E-state index is 5.37. The van der Waals surface area contributed by atoms with Gasteiger partial charge in [0.05, 0.1) is 11.4 Å². The lowest BCUT2D eigenvalue weighted by Gasteiger charge is -2.22. The molecule has 0 saturated carbocycles. The standard InChI is InChI=1S/C59H40N2S/c1-59(2)51-22-13-21-47(38-15-5-3-6-16-38)57(51)49-28-26-43(35-52(49)59)53-36-54(61-58(60-53)39-17-7-4-8-18-39)46-32-44(41-25-24-37-14-9-10-19-40(37)30-41)31-45(33-46)42-27-29-56-50(34-42)48-20-11-12-23-55(48)62-56/h3-36H,1-2H3. The number of fused-ring (bicyclic) bond motifs is 7. The van der Waals surface area contributed by atoms with Crippen molar-refractivity contribution in [2.45, 2.75) is 19.3 Å². The second-order valence-corrected chi connectivity index (χ2v) is 18.1. The molecule has 3 heteroatoms. The zero-order chi connectivity index (χ0) is 41.4. The summed E-state index contributed by atoms with van der Waals surface area (Å²) < 4.78 is 2.60. The molecule has 12 rings (SSSR count). The Balaban J connectivity index is 1.05. The Bertz CT molecular complexity index is 3540. The van der Waals surface area contributed by atoms with Crippen molar-refractivity contribution in [2.75, 3.05) is 0 Å². The molecule has 0 saturated heterocycles. The van der Waals surface area contributed by atoms with E-state index >= 15 is 0 Å². The van der Waals surface area contributed by atoms with E-state index in [0.29, 0.717) is 5.82 Å². The van der Waals surface area contributed by atoms with Crippen LogP contribution < -0.4 is 0 Å². The van der Waals surface area contributed by atoms with E-state index in [-0.39, 0.29) is 5.41 Å². The molecule has 0 spiro atoms. The molecular formula is C59H40N2S. The maximum absolute atomic E-state index is 5.37. The molecule has 62 heavy (non-hydrogen) atoms. The van der Waals surface area contributed by atoms with Crippen LogP contribution in [0.4, 0.5) is 0 Å². The van der Waals surface area contributed by atoms with Crippen LogP contribution in [0.25, 0.3) is 109 Å². The monoisotopic (exact) mass is 808 g/mol. The van der Waals surface area contributed by atoms with Gasteiger partial charge in [-0.25, -0.2) is 9.97 Å². The molecule has 0 atom stereocenters. The highest BCUT2D eigenvalue weighted by molar-refractivity contribution is 7.25. The smallest absolute Gasteiger partial charge is 0.160 e. The zero-order valence-electron chi connectivity index (χ0n) is 34.4. The van der Waals surface area contributed by atoms with Crippen molar-refractivity contribution in [3.05, 3.63) is 217 Å². The molecular weight excluding hydrogens is 769 g/mol. The Kier molecular flexibility index (Phi) is 8.41. The first-order valence-corrected chi connectivity index (χ1v) is 22.1. The van der Waals surface area contributed by atoms with Crippen LogP contribution in [0, 0.1) is 0 Å². The van der Waals surface area contributed by atoms with Crippen LogP contribution >= 0.6 is 11.3 Å². The highest BCUT2D eigenvalue weighted by Crippen LogP contribution is 2.53. The lowest BCUT2D eigenvalue weighted by molar-refractivity contribution is 0.660. The van der Waals surface area contributed by atoms with Crippen LogP contribution in [-0.4, -0.2) is 9.97 Å². The summed E-state index contributed by atoms with van der Waals surface area (Å²) in [6.07, 6.45) is 0. The van der Waals surface area contributed by atoms with Crippen LogP contribution in [0.3, 0.4) is 0 Å². The van der Waals surface area contributed by atoms with Crippen molar-refractivity contribution >= 4 is 42.3 Å². The number of hydrogen-bond donors (Lipinski definition) is 0. The SMILES string of the molecule is CC1(C)c2cc(-c3cc(-c4cc(-c5ccc6ccccc6c5)cc(-c5ccc6sc7ccccc7c6c5)c4)nc(-c4ccccc4)n3)ccc2-c2c(-c3ccccc3)cccc21. The van der Waals surface area contributed by atoms with Crippen LogP contribution in [0.1, 0.15) is 25.0 Å². The summed E-state index contributed by atoms with van der Waals surface area (Å²) in [6.45, 7) is 4.71. The quantitative estimate of drug-likeness (QED) is 0.167. The second-order valence-electron chi connectivity index (χ2n) is 17.0. The van der Waals surface area contributed by atoms with Crippen molar-refractivity contribution in [1.82, 2.24) is 9.97 Å². The number of aromatic nitrogens is 2. The Morgan fingerprint density at radius 3 is 1.79 bits per heavy atom. The fourth-order valence-corrected chi connectivity index (χ4v) is 10.7. The van der Waals surface area contributed by atoms with Crippen molar-refractivity contribution in [3.63, 3.8) is 0 Å². The molecule has 0 N–H and O–H groups in total. The van der Waals surface area contributed by atoms with Gasteiger partial charge in [0.2, 0.25) is 0 Å². The molecule has 0 amide bonds. The van der Waals surface area contributed by atoms with Gasteiger partial charge in [0.25, 0.3) is 0 Å². The Labute approximate surface area is 365 Å². The maximum Gasteiger partial charge on any atom is 0.160 e. The number of hydrogen-bond acceptors (Lipinski definition) is 3. The molecule has 9 aromatic carbocycles. The highest BCUT2D eigenvalue weighted by atomic mass is 32.1. The summed E-state index contributed by atoms with van der Waals surface area (Å²) in [5.41, 5.74) is 17.1. The van der Waals surface area contributed by atoms with Gasteiger partial charge in [-0.2, -0.15) is 0 Å². The second kappa shape index (κ2) is 14.3. The van der Waals surface area contributed by atoms with Gasteiger partial charge in [0, 0.05) is 42.3 Å². The van der Waals surface area contributed by atoms with E-state index in [1.165, 1.54) is 75.5 Å². The largest absolute Gasteiger partial charge is 0.228 e. The molecule has 11 aromatic rings. The lowest BCUT2D eigenvalue weighted by atomic mass is 9.81. The third-order valence-electron chi connectivity index (χ3n) is 12.9. The molecule has 0 fully saturated rings. The predicted molar refractivity (Wildman–Crippen MR) is 263 cm³/mol. The van der Waals surface area contributed by atoms with E-state index < -0.39 is 0 Å². The summed E-state index contributed by atoms with van der Waals surface area (Å²) >= 11 is 1.85. The molecule has 2 heterocycles. The molecule has 2 aromatic heterocycles. The summed E-state index contributed by atoms with van der Waals surface area (Å²) in [7, 11) is 0. The van der Waals surface area contributed by atoms with Gasteiger partial charge in [-0.3, -0.25) is 0 Å². The minimum Gasteiger partial charge on any atom is -0.228 e. The molecule has 292 valence electrons. The third kappa shape index (κ3) is 6.08. The summed E-state index contributed by atoms with van der Waals surface area (Å²) in [6, 6.07) is 75.0. The molecule has 0 bridgehead atoms. The van der Waals surface area contributed by atoms with Gasteiger partial charge >= 0.3 is 0 Å². The predicted octanol–water partition coefficient (Wildman–Crippen LogP) is 16.3. The van der Waals surface area contributed by atoms with Crippen molar-refractivity contribution in [2.24, 2.45) is 0 Å². The van der Waals surface area contributed by atoms with E-state index in [9.17, 15) is 0 Å². The molecule has 0 unspecified atom stereocenters. The topological polar surface area (TPSA) is 25.8 Å². The van der Waals surface area contributed by atoms with E-state index in [0.717, 1.165) is 39.2 Å². The molecule has 1 aliphatic rings. The Morgan fingerprint density at radius 2 is 0.984 bits per heavy atom. The van der Waals surface area contributed by atoms with Gasteiger partial charge in [-0.15, -0.1) is 11.3 Å². The molecule has 1 aliphatic carbocycles. The summed E-state index contributed by atoms with van der Waals surface area (Å²) in [4.78, 5) is 10.7. The first-order valence-electron chi connectivity index (χ1n) is 21.3. The normalized spacial score (nSPS) is 12.8. The number of nitrogens with zero attached hydrogens (tertiary/aromatic N) is 2. The Morgan fingerprint density at radius 1 is 0.355 bits per heavy atom. The van der Waals surface area contributed by atoms with Crippen molar-refractivity contribution in [1.29, 1.82) is 0 Å². The average molecular weight is 809 g/mol. The zero-order valence-corrected chi connectivity index (χ0v) is 35.2. The van der Waals surface area contributed by atoms with Crippen LogP contribution in [0.15, 0.2) is 206 Å². The van der Waals surface area contributed by atoms with Gasteiger partial charge in [0.1, 0.15) is 0 Å². The minimum atomic E-state index is -0.193. The van der Waals surface area contributed by atoms with Crippen LogP contribution in [0.5, 0.6) is 0 Å². The summed E-state index contributed by atoms with van der Waals surface area (Å²) in [5.74, 6) is 0.705. The van der Waals surface area contributed by atoms with Crippen molar-refractivity contribution < 1.29 is 0 Å². The van der Waals surface area contributed by atoms with E-state index in [1.807, 2.05) is 17.4 Å². The molecule has 0 aliphatic heterocycles.